The summed E-state index contributed by atoms with van der Waals surface area (Å²) in [7, 11) is 0. The molecule has 3 aromatic rings. The Morgan fingerprint density at radius 1 is 1.19 bits per heavy atom. The maximum atomic E-state index is 12.7. The number of benzene rings is 1. The first kappa shape index (κ1) is 30.0. The third-order valence-electron chi connectivity index (χ3n) is 8.90. The highest BCUT2D eigenvalue weighted by Gasteiger charge is 2.57. The van der Waals surface area contributed by atoms with Crippen molar-refractivity contribution >= 4 is 45.9 Å². The predicted octanol–water partition coefficient (Wildman–Crippen LogP) is 4.28. The minimum Gasteiger partial charge on any atom is -0.397 e. The number of nitrogens with one attached hydrogen (secondary N) is 1. The number of nitrogens with zero attached hydrogens (tertiary/aromatic N) is 5. The average molecular weight is 613 g/mol. The zero-order chi connectivity index (χ0) is 30.6. The molecule has 43 heavy (non-hydrogen) atoms. The number of anilines is 3. The minimum absolute atomic E-state index is 0.0333. The second-order valence-corrected chi connectivity index (χ2v) is 13.2. The lowest BCUT2D eigenvalue weighted by molar-refractivity contribution is -0.199. The number of hydrogen-bond acceptors (Lipinski definition) is 10. The van der Waals surface area contributed by atoms with Crippen molar-refractivity contribution in [1.82, 2.24) is 24.4 Å². The smallest absolute Gasteiger partial charge is 0.224 e. The highest BCUT2D eigenvalue weighted by molar-refractivity contribution is 6.31. The van der Waals surface area contributed by atoms with Gasteiger partial charge in [0.15, 0.2) is 23.5 Å². The van der Waals surface area contributed by atoms with Crippen LogP contribution in [-0.4, -0.2) is 73.1 Å². The van der Waals surface area contributed by atoms with E-state index < -0.39 is 12.0 Å². The van der Waals surface area contributed by atoms with E-state index in [2.05, 4.69) is 39.0 Å². The number of nitrogen functional groups attached to an aromatic ring is 2. The second-order valence-electron chi connectivity index (χ2n) is 12.8. The lowest BCUT2D eigenvalue weighted by atomic mass is 9.76. The topological polar surface area (TPSA) is 156 Å². The number of rotatable bonds is 9. The van der Waals surface area contributed by atoms with Crippen LogP contribution in [0.15, 0.2) is 24.8 Å². The number of carbonyl (C=O) groups excluding carboxylic acids is 1. The molecule has 3 aliphatic rings. The number of carbonyl (C=O) groups is 1. The van der Waals surface area contributed by atoms with Crippen LogP contribution in [0.4, 0.5) is 17.2 Å². The summed E-state index contributed by atoms with van der Waals surface area (Å²) in [5, 5.41) is 3.53. The van der Waals surface area contributed by atoms with Gasteiger partial charge in [0.05, 0.1) is 17.7 Å². The zero-order valence-electron chi connectivity index (χ0n) is 25.3. The lowest BCUT2D eigenvalue weighted by Crippen LogP contribution is -2.52. The van der Waals surface area contributed by atoms with Crippen LogP contribution >= 0.6 is 11.6 Å². The maximum Gasteiger partial charge on any atom is 0.224 e. The fourth-order valence-electron chi connectivity index (χ4n) is 6.64. The van der Waals surface area contributed by atoms with Crippen molar-refractivity contribution in [3.63, 3.8) is 0 Å². The number of hydrogen-bond donors (Lipinski definition) is 3. The van der Waals surface area contributed by atoms with Gasteiger partial charge in [-0.05, 0) is 77.5 Å². The second kappa shape index (κ2) is 11.5. The fraction of sp³-hybridized carbons (Fsp3) is 0.600. The average Bonchev–Trinajstić information content (AvgIpc) is 3.57. The molecule has 4 atom stereocenters. The summed E-state index contributed by atoms with van der Waals surface area (Å²) in [4.78, 5) is 28.1. The lowest BCUT2D eigenvalue weighted by Gasteiger charge is -2.46. The molecule has 2 aliphatic heterocycles. The third kappa shape index (κ3) is 5.91. The van der Waals surface area contributed by atoms with E-state index >= 15 is 0 Å². The molecule has 1 aliphatic carbocycles. The van der Waals surface area contributed by atoms with Crippen molar-refractivity contribution in [2.75, 3.05) is 23.3 Å². The van der Waals surface area contributed by atoms with Gasteiger partial charge in [0.25, 0.3) is 0 Å². The Morgan fingerprint density at radius 3 is 2.67 bits per heavy atom. The van der Waals surface area contributed by atoms with Gasteiger partial charge in [-0.1, -0.05) is 11.6 Å². The third-order valence-corrected chi connectivity index (χ3v) is 9.31. The quantitative estimate of drug-likeness (QED) is 0.298. The van der Waals surface area contributed by atoms with Crippen molar-refractivity contribution in [3.8, 4) is 0 Å². The monoisotopic (exact) mass is 612 g/mol. The van der Waals surface area contributed by atoms with Crippen LogP contribution in [0.2, 0.25) is 5.02 Å². The Hall–Kier alpha value is -3.03. The number of aryl methyl sites for hydroxylation is 1. The van der Waals surface area contributed by atoms with E-state index in [1.165, 1.54) is 6.33 Å². The molecule has 1 aromatic carbocycles. The highest BCUT2D eigenvalue weighted by Crippen LogP contribution is 2.45. The van der Waals surface area contributed by atoms with Crippen molar-refractivity contribution in [1.29, 1.82) is 0 Å². The Kier molecular flexibility index (Phi) is 8.01. The largest absolute Gasteiger partial charge is 0.397 e. The number of ether oxygens (including phenoxy) is 3. The van der Waals surface area contributed by atoms with Crippen LogP contribution in [0.5, 0.6) is 0 Å². The summed E-state index contributed by atoms with van der Waals surface area (Å²) < 4.78 is 21.3. The Labute approximate surface area is 256 Å². The van der Waals surface area contributed by atoms with Gasteiger partial charge in [0, 0.05) is 30.1 Å². The molecule has 0 unspecified atom stereocenters. The van der Waals surface area contributed by atoms with Crippen LogP contribution in [0.1, 0.15) is 65.2 Å². The van der Waals surface area contributed by atoms with Crippen LogP contribution in [0.25, 0.3) is 11.2 Å². The van der Waals surface area contributed by atoms with Gasteiger partial charge in [-0.15, -0.1) is 0 Å². The van der Waals surface area contributed by atoms with Crippen molar-refractivity contribution in [2.45, 2.75) is 103 Å². The van der Waals surface area contributed by atoms with Crippen molar-refractivity contribution in [2.24, 2.45) is 5.92 Å². The fourth-order valence-corrected chi connectivity index (χ4v) is 6.81. The molecule has 0 spiro atoms. The molecule has 2 aromatic heterocycles. The number of nitrogens with two attached hydrogens (primary N) is 2. The summed E-state index contributed by atoms with van der Waals surface area (Å²) in [5.74, 6) is 0.0407. The van der Waals surface area contributed by atoms with E-state index in [1.54, 1.807) is 12.4 Å². The summed E-state index contributed by atoms with van der Waals surface area (Å²) in [6, 6.07) is 4.20. The summed E-state index contributed by atoms with van der Waals surface area (Å²) in [6.07, 6.45) is 5.21. The van der Waals surface area contributed by atoms with Crippen LogP contribution in [0, 0.1) is 12.8 Å². The maximum absolute atomic E-state index is 12.7. The molecular weight excluding hydrogens is 572 g/mol. The minimum atomic E-state index is -0.736. The van der Waals surface area contributed by atoms with E-state index in [9.17, 15) is 4.79 Å². The normalized spacial score (nSPS) is 28.0. The first-order chi connectivity index (χ1) is 20.4. The molecule has 0 radical (unpaired) electrons. The van der Waals surface area contributed by atoms with Crippen LogP contribution in [0.3, 0.4) is 0 Å². The number of imidazole rings is 1. The molecule has 3 fully saturated rings. The van der Waals surface area contributed by atoms with E-state index in [-0.39, 0.29) is 24.2 Å². The summed E-state index contributed by atoms with van der Waals surface area (Å²) in [5.41, 5.74) is 15.2. The van der Waals surface area contributed by atoms with Gasteiger partial charge in [0.1, 0.15) is 30.2 Å². The van der Waals surface area contributed by atoms with E-state index in [1.807, 2.05) is 31.4 Å². The van der Waals surface area contributed by atoms with E-state index in [0.717, 1.165) is 24.8 Å². The van der Waals surface area contributed by atoms with Crippen LogP contribution in [-0.2, 0) is 19.0 Å². The first-order valence-corrected chi connectivity index (χ1v) is 15.3. The standard InChI is InChI=1S/C30H41ClN8O4/c1-15(2)38(18-9-17(10-18)6-7-23(40)37-21-8-16(3)19(31)11-20(21)32)12-22-25-26(43-30(4,5)42-25)29(41-22)39-14-36-24-27(33)34-13-35-28(24)39/h8,11,13-15,17-18,22,25-26,29H,6-7,9-10,12,32H2,1-5H3,(H,37,40)(H2,33,34,35)/t17-,18-,22-,25-,26-,29-/m1/s1. The molecule has 5 N–H and O–H groups in total. The molecule has 6 rings (SSSR count). The Balaban J connectivity index is 1.08. The van der Waals surface area contributed by atoms with Crippen molar-refractivity contribution < 1.29 is 19.0 Å². The van der Waals surface area contributed by atoms with E-state index in [0.29, 0.717) is 64.3 Å². The molecule has 0 bridgehead atoms. The number of aromatic nitrogens is 4. The Morgan fingerprint density at radius 2 is 1.93 bits per heavy atom. The van der Waals surface area contributed by atoms with Gasteiger partial charge in [-0.2, -0.15) is 0 Å². The highest BCUT2D eigenvalue weighted by atomic mass is 35.5. The zero-order valence-corrected chi connectivity index (χ0v) is 26.0. The van der Waals surface area contributed by atoms with Gasteiger partial charge in [-0.25, -0.2) is 15.0 Å². The SMILES string of the molecule is Cc1cc(NC(=O)CC[C@H]2C[C@H](N(C[C@H]3O[C@@H](n4cnc5c(N)ncnc54)[C@@H]4OC(C)(C)O[C@@H]43)C(C)C)C2)c(N)cc1Cl. The number of fused-ring (bicyclic) bond motifs is 2. The molecule has 13 heteroatoms. The summed E-state index contributed by atoms with van der Waals surface area (Å²) in [6.45, 7) is 10.9. The van der Waals surface area contributed by atoms with Gasteiger partial charge < -0.3 is 31.0 Å². The van der Waals surface area contributed by atoms with E-state index in [4.69, 9.17) is 37.3 Å². The molecule has 1 saturated carbocycles. The molecule has 4 heterocycles. The summed E-state index contributed by atoms with van der Waals surface area (Å²) >= 11 is 6.13. The molecule has 1 amide bonds. The first-order valence-electron chi connectivity index (χ1n) is 15.0. The number of halogens is 1. The molecule has 232 valence electrons. The molecule has 2 saturated heterocycles. The van der Waals surface area contributed by atoms with Crippen LogP contribution < -0.4 is 16.8 Å². The molecule has 12 nitrogen and oxygen atoms in total. The van der Waals surface area contributed by atoms with Gasteiger partial charge >= 0.3 is 0 Å². The van der Waals surface area contributed by atoms with Crippen molar-refractivity contribution in [3.05, 3.63) is 35.4 Å². The number of amides is 1. The predicted molar refractivity (Wildman–Crippen MR) is 164 cm³/mol. The Bertz CT molecular complexity index is 1510. The molecular formula is C30H41ClN8O4. The van der Waals surface area contributed by atoms with Gasteiger partial charge in [0.2, 0.25) is 5.91 Å². The van der Waals surface area contributed by atoms with Gasteiger partial charge in [-0.3, -0.25) is 14.3 Å².